The second-order valence-electron chi connectivity index (χ2n) is 6.81. The molecule has 5 nitrogen and oxygen atoms in total. The largest absolute Gasteiger partial charge is 0.388 e. The van der Waals surface area contributed by atoms with Crippen LogP contribution in [0.2, 0.25) is 0 Å². The van der Waals surface area contributed by atoms with E-state index in [-0.39, 0.29) is 34.7 Å². The predicted octanol–water partition coefficient (Wildman–Crippen LogP) is -0.106. The van der Waals surface area contributed by atoms with Crippen molar-refractivity contribution in [2.45, 2.75) is 45.0 Å². The van der Waals surface area contributed by atoms with E-state index < -0.39 is 28.6 Å². The molecular weight excluding hydrogens is 260 g/mol. The molecule has 3 N–H and O–H groups in total. The van der Waals surface area contributed by atoms with Crippen LogP contribution in [0.25, 0.3) is 0 Å². The van der Waals surface area contributed by atoms with Crippen LogP contribution in [0.5, 0.6) is 0 Å². The third-order valence-electron chi connectivity index (χ3n) is 5.58. The molecule has 5 heteroatoms. The Labute approximate surface area is 116 Å². The molecule has 3 rings (SSSR count). The maximum atomic E-state index is 12.4. The quantitative estimate of drug-likeness (QED) is 0.538. The molecule has 1 fully saturated rings. The molecule has 3 aliphatic carbocycles. The van der Waals surface area contributed by atoms with Crippen LogP contribution in [0.4, 0.5) is 0 Å². The normalized spacial score (nSPS) is 46.2. The molecule has 1 saturated carbocycles. The summed E-state index contributed by atoms with van der Waals surface area (Å²) in [7, 11) is 0. The number of carbonyl (C=O) groups excluding carboxylic acids is 2. The van der Waals surface area contributed by atoms with Gasteiger partial charge in [-0.05, 0) is 26.3 Å². The Balaban J connectivity index is 2.30. The molecule has 0 spiro atoms. The summed E-state index contributed by atoms with van der Waals surface area (Å²) >= 11 is 0. The number of rotatable bonds is 0. The average molecular weight is 278 g/mol. The van der Waals surface area contributed by atoms with E-state index in [2.05, 4.69) is 6.58 Å². The van der Waals surface area contributed by atoms with Gasteiger partial charge in [0.1, 0.15) is 11.7 Å². The molecule has 0 radical (unpaired) electrons. The minimum atomic E-state index is -1.78. The number of Topliss-reactive ketones (excluding diaryl/α,β-unsaturated/α-hetero) is 2. The lowest BCUT2D eigenvalue weighted by Crippen LogP contribution is -2.52. The number of carbonyl (C=O) groups is 2. The van der Waals surface area contributed by atoms with Gasteiger partial charge in [0.15, 0.2) is 11.6 Å². The molecule has 4 atom stereocenters. The van der Waals surface area contributed by atoms with E-state index in [1.165, 1.54) is 0 Å². The first-order valence-electron chi connectivity index (χ1n) is 6.61. The van der Waals surface area contributed by atoms with Gasteiger partial charge in [0.25, 0.3) is 0 Å². The van der Waals surface area contributed by atoms with E-state index in [1.807, 2.05) is 0 Å². The van der Waals surface area contributed by atoms with Crippen molar-refractivity contribution < 1.29 is 24.9 Å². The lowest BCUT2D eigenvalue weighted by atomic mass is 9.67. The summed E-state index contributed by atoms with van der Waals surface area (Å²) in [4.78, 5) is 24.4. The maximum Gasteiger partial charge on any atom is 0.170 e. The Kier molecular flexibility index (Phi) is 2.25. The highest BCUT2D eigenvalue weighted by Gasteiger charge is 2.73. The lowest BCUT2D eigenvalue weighted by molar-refractivity contribution is -0.135. The van der Waals surface area contributed by atoms with Gasteiger partial charge in [-0.3, -0.25) is 9.59 Å². The first kappa shape index (κ1) is 13.7. The molecule has 4 unspecified atom stereocenters. The number of aliphatic hydroxyl groups is 3. The second kappa shape index (κ2) is 3.30. The zero-order valence-corrected chi connectivity index (χ0v) is 11.7. The van der Waals surface area contributed by atoms with Crippen LogP contribution in [0.15, 0.2) is 23.3 Å². The summed E-state index contributed by atoms with van der Waals surface area (Å²) in [6.07, 6.45) is -2.88. The number of hydrogen-bond donors (Lipinski definition) is 3. The predicted molar refractivity (Wildman–Crippen MR) is 69.6 cm³/mol. The van der Waals surface area contributed by atoms with Gasteiger partial charge in [0, 0.05) is 17.6 Å². The van der Waals surface area contributed by atoms with Crippen LogP contribution in [-0.4, -0.2) is 44.7 Å². The Morgan fingerprint density at radius 2 is 1.70 bits per heavy atom. The third kappa shape index (κ3) is 1.05. The molecule has 3 aliphatic rings. The van der Waals surface area contributed by atoms with Gasteiger partial charge in [-0.2, -0.15) is 0 Å². The van der Waals surface area contributed by atoms with Crippen molar-refractivity contribution in [2.75, 3.05) is 0 Å². The molecule has 0 aliphatic heterocycles. The minimum Gasteiger partial charge on any atom is -0.388 e. The fraction of sp³-hybridized carbons (Fsp3) is 0.600. The van der Waals surface area contributed by atoms with Crippen molar-refractivity contribution in [3.8, 4) is 0 Å². The molecule has 0 aromatic rings. The van der Waals surface area contributed by atoms with Gasteiger partial charge in [-0.1, -0.05) is 6.58 Å². The first-order chi connectivity index (χ1) is 9.01. The van der Waals surface area contributed by atoms with Gasteiger partial charge in [-0.15, -0.1) is 0 Å². The van der Waals surface area contributed by atoms with Gasteiger partial charge in [0.2, 0.25) is 0 Å². The highest BCUT2D eigenvalue weighted by Crippen LogP contribution is 2.65. The van der Waals surface area contributed by atoms with E-state index in [9.17, 15) is 24.9 Å². The average Bonchev–Trinajstić information content (AvgIpc) is 2.73. The molecule has 0 amide bonds. The Morgan fingerprint density at radius 1 is 1.15 bits per heavy atom. The minimum absolute atomic E-state index is 0.0566. The van der Waals surface area contributed by atoms with Crippen molar-refractivity contribution in [3.05, 3.63) is 23.3 Å². The van der Waals surface area contributed by atoms with Gasteiger partial charge in [-0.25, -0.2) is 0 Å². The van der Waals surface area contributed by atoms with Crippen molar-refractivity contribution in [1.82, 2.24) is 0 Å². The zero-order valence-electron chi connectivity index (χ0n) is 11.7. The summed E-state index contributed by atoms with van der Waals surface area (Å²) in [5.41, 5.74) is -3.66. The van der Waals surface area contributed by atoms with Crippen molar-refractivity contribution in [1.29, 1.82) is 0 Å². The highest BCUT2D eigenvalue weighted by molar-refractivity contribution is 6.10. The smallest absolute Gasteiger partial charge is 0.170 e. The number of aliphatic hydroxyl groups excluding tert-OH is 2. The lowest BCUT2D eigenvalue weighted by Gasteiger charge is -2.41. The maximum absolute atomic E-state index is 12.4. The van der Waals surface area contributed by atoms with Crippen molar-refractivity contribution >= 4 is 11.6 Å². The second-order valence-corrected chi connectivity index (χ2v) is 6.81. The van der Waals surface area contributed by atoms with Crippen LogP contribution in [0.1, 0.15) is 27.2 Å². The van der Waals surface area contributed by atoms with Crippen LogP contribution in [0, 0.1) is 10.8 Å². The Bertz CT molecular complexity index is 614. The molecule has 0 aromatic carbocycles. The zero-order chi connectivity index (χ0) is 15.2. The summed E-state index contributed by atoms with van der Waals surface area (Å²) in [6.45, 7) is 8.47. The van der Waals surface area contributed by atoms with Crippen molar-refractivity contribution in [3.63, 3.8) is 0 Å². The van der Waals surface area contributed by atoms with Crippen LogP contribution >= 0.6 is 0 Å². The summed E-state index contributed by atoms with van der Waals surface area (Å²) in [5, 5.41) is 31.7. The van der Waals surface area contributed by atoms with E-state index in [0.29, 0.717) is 0 Å². The van der Waals surface area contributed by atoms with E-state index in [0.717, 1.165) is 0 Å². The topological polar surface area (TPSA) is 94.8 Å². The van der Waals surface area contributed by atoms with Crippen LogP contribution in [-0.2, 0) is 9.59 Å². The van der Waals surface area contributed by atoms with Gasteiger partial charge >= 0.3 is 0 Å². The monoisotopic (exact) mass is 278 g/mol. The molecular formula is C15H18O5. The summed E-state index contributed by atoms with van der Waals surface area (Å²) in [6, 6.07) is 0. The number of ketones is 2. The highest BCUT2D eigenvalue weighted by atomic mass is 16.3. The van der Waals surface area contributed by atoms with Crippen molar-refractivity contribution in [2.24, 2.45) is 10.8 Å². The van der Waals surface area contributed by atoms with Gasteiger partial charge in [0.05, 0.1) is 16.9 Å². The fourth-order valence-corrected chi connectivity index (χ4v) is 3.99. The fourth-order valence-electron chi connectivity index (χ4n) is 3.99. The summed E-state index contributed by atoms with van der Waals surface area (Å²) < 4.78 is 0. The van der Waals surface area contributed by atoms with E-state index >= 15 is 0 Å². The first-order valence-corrected chi connectivity index (χ1v) is 6.61. The number of hydrogen-bond acceptors (Lipinski definition) is 5. The van der Waals surface area contributed by atoms with Crippen LogP contribution < -0.4 is 0 Å². The molecule has 20 heavy (non-hydrogen) atoms. The van der Waals surface area contributed by atoms with Gasteiger partial charge < -0.3 is 15.3 Å². The van der Waals surface area contributed by atoms with E-state index in [4.69, 9.17) is 0 Å². The third-order valence-corrected chi connectivity index (χ3v) is 5.58. The van der Waals surface area contributed by atoms with E-state index in [1.54, 1.807) is 20.8 Å². The molecule has 0 saturated heterocycles. The summed E-state index contributed by atoms with van der Waals surface area (Å²) in [5.74, 6) is -0.721. The molecule has 108 valence electrons. The molecule has 0 aromatic heterocycles. The SMILES string of the molecule is C=C1C(=O)CC2(O)C(O)C3=C(C(O)C(C)(C)C3=O)C12C. The standard InChI is InChI=1S/C15H18O5/c1-6-7(16)5-15(20)11(18)8-9(14(6,15)4)12(19)13(2,3)10(8)17/h11-12,18-20H,1,5H2,2-4H3. The molecule has 0 bridgehead atoms. The van der Waals surface area contributed by atoms with Crippen LogP contribution in [0.3, 0.4) is 0 Å². The molecule has 0 heterocycles. The Morgan fingerprint density at radius 3 is 2.25 bits per heavy atom. The Hall–Kier alpha value is -1.30. The number of fused-ring (bicyclic) bond motifs is 2.